The summed E-state index contributed by atoms with van der Waals surface area (Å²) in [5.74, 6) is 1.06. The second kappa shape index (κ2) is 5.69. The highest BCUT2D eigenvalue weighted by Gasteiger charge is 2.06. The summed E-state index contributed by atoms with van der Waals surface area (Å²) in [4.78, 5) is 4.52. The summed E-state index contributed by atoms with van der Waals surface area (Å²) in [6.45, 7) is 0.927. The van der Waals surface area contributed by atoms with Gasteiger partial charge in [0.15, 0.2) is 0 Å². The summed E-state index contributed by atoms with van der Waals surface area (Å²) in [6, 6.07) is 5.84. The van der Waals surface area contributed by atoms with Gasteiger partial charge in [0.25, 0.3) is 0 Å². The SMILES string of the molecule is Clc1cc(Br)ccc1NC1=NCCCCC1. The van der Waals surface area contributed by atoms with Crippen LogP contribution < -0.4 is 5.32 Å². The van der Waals surface area contributed by atoms with Gasteiger partial charge in [0.2, 0.25) is 0 Å². The monoisotopic (exact) mass is 300 g/mol. The van der Waals surface area contributed by atoms with Gasteiger partial charge in [0.05, 0.1) is 10.7 Å². The number of hydrogen-bond donors (Lipinski definition) is 1. The first kappa shape index (κ1) is 11.9. The number of anilines is 1. The molecule has 86 valence electrons. The molecule has 1 heterocycles. The molecule has 0 aliphatic carbocycles. The summed E-state index contributed by atoms with van der Waals surface area (Å²) < 4.78 is 0.992. The molecule has 4 heteroatoms. The maximum Gasteiger partial charge on any atom is 0.101 e. The predicted octanol–water partition coefficient (Wildman–Crippen LogP) is 4.49. The third-order valence-corrected chi connectivity index (χ3v) is 3.39. The number of hydrogen-bond acceptors (Lipinski definition) is 2. The number of rotatable bonds is 1. The van der Waals surface area contributed by atoms with Crippen LogP contribution in [0, 0.1) is 0 Å². The Morgan fingerprint density at radius 2 is 2.12 bits per heavy atom. The molecule has 1 N–H and O–H groups in total. The Morgan fingerprint density at radius 1 is 1.25 bits per heavy atom. The minimum Gasteiger partial charge on any atom is -0.343 e. The summed E-state index contributed by atoms with van der Waals surface area (Å²) in [7, 11) is 0. The number of halogens is 2. The average Bonchev–Trinajstić information content (AvgIpc) is 2.51. The first-order valence-electron chi connectivity index (χ1n) is 5.51. The van der Waals surface area contributed by atoms with Crippen molar-refractivity contribution in [3.63, 3.8) is 0 Å². The molecule has 2 nitrogen and oxygen atoms in total. The molecule has 1 aromatic carbocycles. The van der Waals surface area contributed by atoms with Gasteiger partial charge in [-0.15, -0.1) is 0 Å². The molecule has 16 heavy (non-hydrogen) atoms. The summed E-state index contributed by atoms with van der Waals surface area (Å²) in [6.07, 6.45) is 4.69. The lowest BCUT2D eigenvalue weighted by molar-refractivity contribution is 0.731. The van der Waals surface area contributed by atoms with Crippen LogP contribution in [-0.2, 0) is 0 Å². The molecule has 0 saturated heterocycles. The topological polar surface area (TPSA) is 24.4 Å². The van der Waals surface area contributed by atoms with Crippen LogP contribution in [-0.4, -0.2) is 12.4 Å². The van der Waals surface area contributed by atoms with Crippen LogP contribution >= 0.6 is 27.5 Å². The molecular formula is C12H14BrClN2. The van der Waals surface area contributed by atoms with Crippen LogP contribution in [0.2, 0.25) is 5.02 Å². The molecule has 0 aromatic heterocycles. The predicted molar refractivity (Wildman–Crippen MR) is 73.5 cm³/mol. The van der Waals surface area contributed by atoms with Crippen LogP contribution in [0.1, 0.15) is 25.7 Å². The van der Waals surface area contributed by atoms with Gasteiger partial charge >= 0.3 is 0 Å². The van der Waals surface area contributed by atoms with Crippen molar-refractivity contribution in [2.75, 3.05) is 11.9 Å². The molecule has 0 bridgehead atoms. The van der Waals surface area contributed by atoms with Gasteiger partial charge in [0, 0.05) is 17.4 Å². The van der Waals surface area contributed by atoms with E-state index in [1.54, 1.807) is 0 Å². The van der Waals surface area contributed by atoms with E-state index in [2.05, 4.69) is 26.2 Å². The number of aliphatic imine (C=N–C) groups is 1. The standard InChI is InChI=1S/C12H14BrClN2/c13-9-5-6-11(10(14)8-9)16-12-4-2-1-3-7-15-12/h5-6,8H,1-4,7H2,(H,15,16). The van der Waals surface area contributed by atoms with Gasteiger partial charge in [0.1, 0.15) is 5.84 Å². The molecule has 0 radical (unpaired) electrons. The molecule has 1 aliphatic heterocycles. The summed E-state index contributed by atoms with van der Waals surface area (Å²) in [5, 5.41) is 4.04. The fourth-order valence-electron chi connectivity index (χ4n) is 1.72. The first-order chi connectivity index (χ1) is 7.75. The van der Waals surface area contributed by atoms with E-state index in [1.807, 2.05) is 18.2 Å². The van der Waals surface area contributed by atoms with E-state index in [1.165, 1.54) is 19.3 Å². The Bertz CT molecular complexity index is 404. The van der Waals surface area contributed by atoms with Crippen molar-refractivity contribution in [1.29, 1.82) is 0 Å². The van der Waals surface area contributed by atoms with Crippen molar-refractivity contribution < 1.29 is 0 Å². The van der Waals surface area contributed by atoms with E-state index in [9.17, 15) is 0 Å². The lowest BCUT2D eigenvalue weighted by Crippen LogP contribution is -2.11. The van der Waals surface area contributed by atoms with Crippen LogP contribution in [0.4, 0.5) is 5.69 Å². The van der Waals surface area contributed by atoms with E-state index in [0.717, 1.165) is 34.0 Å². The highest BCUT2D eigenvalue weighted by atomic mass is 79.9. The minimum absolute atomic E-state index is 0.723. The smallest absolute Gasteiger partial charge is 0.101 e. The van der Waals surface area contributed by atoms with Crippen molar-refractivity contribution in [2.24, 2.45) is 4.99 Å². The molecule has 0 spiro atoms. The minimum atomic E-state index is 0.723. The molecule has 0 unspecified atom stereocenters. The van der Waals surface area contributed by atoms with E-state index in [4.69, 9.17) is 11.6 Å². The second-order valence-electron chi connectivity index (χ2n) is 3.89. The first-order valence-corrected chi connectivity index (χ1v) is 6.68. The zero-order valence-electron chi connectivity index (χ0n) is 8.97. The van der Waals surface area contributed by atoms with Gasteiger partial charge in [-0.2, -0.15) is 0 Å². The normalized spacial score (nSPS) is 16.5. The van der Waals surface area contributed by atoms with Crippen molar-refractivity contribution >= 4 is 39.1 Å². The third-order valence-electron chi connectivity index (χ3n) is 2.58. The Labute approximate surface area is 109 Å². The van der Waals surface area contributed by atoms with E-state index in [-0.39, 0.29) is 0 Å². The number of benzene rings is 1. The average molecular weight is 302 g/mol. The van der Waals surface area contributed by atoms with E-state index in [0.29, 0.717) is 0 Å². The molecule has 0 saturated carbocycles. The van der Waals surface area contributed by atoms with Gasteiger partial charge in [-0.05, 0) is 31.0 Å². The van der Waals surface area contributed by atoms with E-state index >= 15 is 0 Å². The van der Waals surface area contributed by atoms with Gasteiger partial charge < -0.3 is 5.32 Å². The van der Waals surface area contributed by atoms with Gasteiger partial charge in [-0.3, -0.25) is 4.99 Å². The highest BCUT2D eigenvalue weighted by molar-refractivity contribution is 9.10. The van der Waals surface area contributed by atoms with Crippen LogP contribution in [0.25, 0.3) is 0 Å². The Morgan fingerprint density at radius 3 is 2.94 bits per heavy atom. The van der Waals surface area contributed by atoms with Crippen LogP contribution in [0.5, 0.6) is 0 Å². The summed E-state index contributed by atoms with van der Waals surface area (Å²) in [5.41, 5.74) is 0.936. The van der Waals surface area contributed by atoms with E-state index < -0.39 is 0 Å². The van der Waals surface area contributed by atoms with Crippen molar-refractivity contribution in [1.82, 2.24) is 0 Å². The Kier molecular flexibility index (Phi) is 4.24. The molecular weight excluding hydrogens is 288 g/mol. The lowest BCUT2D eigenvalue weighted by Gasteiger charge is -2.10. The fourth-order valence-corrected chi connectivity index (χ4v) is 2.44. The molecule has 0 atom stereocenters. The lowest BCUT2D eigenvalue weighted by atomic mass is 10.2. The largest absolute Gasteiger partial charge is 0.343 e. The third kappa shape index (κ3) is 3.22. The van der Waals surface area contributed by atoms with Crippen molar-refractivity contribution in [3.05, 3.63) is 27.7 Å². The second-order valence-corrected chi connectivity index (χ2v) is 5.21. The number of nitrogens with zero attached hydrogens (tertiary/aromatic N) is 1. The molecule has 2 rings (SSSR count). The quantitative estimate of drug-likeness (QED) is 0.812. The van der Waals surface area contributed by atoms with Crippen LogP contribution in [0.15, 0.2) is 27.7 Å². The zero-order chi connectivity index (χ0) is 11.4. The van der Waals surface area contributed by atoms with Gasteiger partial charge in [-0.25, -0.2) is 0 Å². The Balaban J connectivity index is 2.10. The Hall–Kier alpha value is -0.540. The number of amidine groups is 1. The van der Waals surface area contributed by atoms with Gasteiger partial charge in [-0.1, -0.05) is 34.0 Å². The maximum atomic E-state index is 6.14. The fraction of sp³-hybridized carbons (Fsp3) is 0.417. The summed E-state index contributed by atoms with van der Waals surface area (Å²) >= 11 is 9.53. The number of nitrogens with one attached hydrogen (secondary N) is 1. The molecule has 0 amide bonds. The molecule has 1 aliphatic rings. The molecule has 1 aromatic rings. The maximum absolute atomic E-state index is 6.14. The van der Waals surface area contributed by atoms with Crippen molar-refractivity contribution in [3.8, 4) is 0 Å². The van der Waals surface area contributed by atoms with Crippen LogP contribution in [0.3, 0.4) is 0 Å². The highest BCUT2D eigenvalue weighted by Crippen LogP contribution is 2.26. The molecule has 0 fully saturated rings. The zero-order valence-corrected chi connectivity index (χ0v) is 11.3. The van der Waals surface area contributed by atoms with Crippen molar-refractivity contribution in [2.45, 2.75) is 25.7 Å².